The molecule has 0 N–H and O–H groups in total. The van der Waals surface area contributed by atoms with Gasteiger partial charge in [-0.3, -0.25) is 4.79 Å². The first-order chi connectivity index (χ1) is 11.9. The lowest BCUT2D eigenvalue weighted by molar-refractivity contribution is -0.132. The normalized spacial score (nSPS) is 19.6. The minimum Gasteiger partial charge on any atom is -0.338 e. The number of carbonyl (C=O) groups excluding carboxylic acids is 1. The Morgan fingerprint density at radius 3 is 2.32 bits per heavy atom. The van der Waals surface area contributed by atoms with Gasteiger partial charge in [-0.2, -0.15) is 4.31 Å². The molecule has 138 valence electrons. The van der Waals surface area contributed by atoms with Crippen LogP contribution in [0.4, 0.5) is 5.95 Å². The second-order valence-corrected chi connectivity index (χ2v) is 8.60. The highest BCUT2D eigenvalue weighted by Gasteiger charge is 2.33. The van der Waals surface area contributed by atoms with Crippen molar-refractivity contribution < 1.29 is 13.2 Å². The fourth-order valence-electron chi connectivity index (χ4n) is 3.55. The highest BCUT2D eigenvalue weighted by molar-refractivity contribution is 7.88. The third kappa shape index (κ3) is 4.46. The van der Waals surface area contributed by atoms with E-state index in [1.165, 1.54) is 10.6 Å². The topological polar surface area (TPSA) is 86.7 Å². The Kier molecular flexibility index (Phi) is 5.53. The number of amides is 1. The van der Waals surface area contributed by atoms with E-state index >= 15 is 0 Å². The number of hydrogen-bond acceptors (Lipinski definition) is 6. The Morgan fingerprint density at radius 2 is 1.76 bits per heavy atom. The van der Waals surface area contributed by atoms with Crippen LogP contribution in [-0.4, -0.2) is 78.5 Å². The molecule has 1 aromatic rings. The van der Waals surface area contributed by atoms with E-state index in [9.17, 15) is 13.2 Å². The van der Waals surface area contributed by atoms with Gasteiger partial charge in [0.05, 0.1) is 12.8 Å². The molecular formula is C16H25N5O3S. The highest BCUT2D eigenvalue weighted by atomic mass is 32.2. The van der Waals surface area contributed by atoms with Gasteiger partial charge >= 0.3 is 0 Å². The third-order valence-electron chi connectivity index (χ3n) is 4.92. The van der Waals surface area contributed by atoms with Crippen molar-refractivity contribution in [1.29, 1.82) is 0 Å². The van der Waals surface area contributed by atoms with Crippen molar-refractivity contribution in [2.45, 2.75) is 31.7 Å². The highest BCUT2D eigenvalue weighted by Crippen LogP contribution is 2.25. The molecule has 2 heterocycles. The minimum absolute atomic E-state index is 0.0297. The van der Waals surface area contributed by atoms with Crippen LogP contribution in [0, 0.1) is 0 Å². The van der Waals surface area contributed by atoms with Gasteiger partial charge in [0.1, 0.15) is 0 Å². The van der Waals surface area contributed by atoms with E-state index in [0.29, 0.717) is 32.1 Å². The van der Waals surface area contributed by atoms with E-state index in [2.05, 4.69) is 9.97 Å². The van der Waals surface area contributed by atoms with Crippen LogP contribution in [0.15, 0.2) is 18.5 Å². The number of sulfonamides is 1. The van der Waals surface area contributed by atoms with Crippen LogP contribution in [0.25, 0.3) is 0 Å². The van der Waals surface area contributed by atoms with Gasteiger partial charge in [0.2, 0.25) is 21.9 Å². The monoisotopic (exact) mass is 367 g/mol. The molecule has 3 rings (SSSR count). The molecule has 2 aliphatic rings. The molecule has 8 nitrogen and oxygen atoms in total. The lowest BCUT2D eigenvalue weighted by atomic mass is 10.2. The molecule has 0 bridgehead atoms. The van der Waals surface area contributed by atoms with Gasteiger partial charge in [-0.25, -0.2) is 18.4 Å². The van der Waals surface area contributed by atoms with E-state index in [1.54, 1.807) is 23.4 Å². The fraction of sp³-hybridized carbons (Fsp3) is 0.688. The molecule has 1 aliphatic carbocycles. The fourth-order valence-corrected chi connectivity index (χ4v) is 4.65. The van der Waals surface area contributed by atoms with Gasteiger partial charge in [0.25, 0.3) is 0 Å². The van der Waals surface area contributed by atoms with Crippen LogP contribution in [0.1, 0.15) is 25.7 Å². The van der Waals surface area contributed by atoms with E-state index in [-0.39, 0.29) is 18.5 Å². The van der Waals surface area contributed by atoms with Gasteiger partial charge in [0.15, 0.2) is 0 Å². The summed E-state index contributed by atoms with van der Waals surface area (Å²) in [5, 5.41) is 0. The summed E-state index contributed by atoms with van der Waals surface area (Å²) in [6, 6.07) is 1.74. The van der Waals surface area contributed by atoms with E-state index in [1.807, 2.05) is 4.90 Å². The third-order valence-corrected chi connectivity index (χ3v) is 6.20. The SMILES string of the molecule is CS(=O)(=O)N(CC(=O)N1CCN(c2ncccn2)CC1)C1CCCC1. The quantitative estimate of drug-likeness (QED) is 0.745. The number of aromatic nitrogens is 2. The zero-order valence-corrected chi connectivity index (χ0v) is 15.4. The maximum Gasteiger partial charge on any atom is 0.238 e. The molecule has 1 aromatic heterocycles. The number of anilines is 1. The predicted molar refractivity (Wildman–Crippen MR) is 94.6 cm³/mol. The van der Waals surface area contributed by atoms with E-state index in [0.717, 1.165) is 25.7 Å². The summed E-state index contributed by atoms with van der Waals surface area (Å²) in [6.45, 7) is 2.36. The molecular weight excluding hydrogens is 342 g/mol. The van der Waals surface area contributed by atoms with Crippen LogP contribution < -0.4 is 4.90 Å². The van der Waals surface area contributed by atoms with Crippen molar-refractivity contribution in [1.82, 2.24) is 19.2 Å². The first kappa shape index (κ1) is 18.1. The Bertz CT molecular complexity index is 683. The Balaban J connectivity index is 1.58. The standard InChI is InChI=1S/C16H25N5O3S/c1-25(23,24)21(14-5-2-3-6-14)13-15(22)19-9-11-20(12-10-19)16-17-7-4-8-18-16/h4,7-8,14H,2-3,5-6,9-13H2,1H3. The molecule has 1 saturated heterocycles. The smallest absolute Gasteiger partial charge is 0.238 e. The van der Waals surface area contributed by atoms with Crippen molar-refractivity contribution in [3.05, 3.63) is 18.5 Å². The summed E-state index contributed by atoms with van der Waals surface area (Å²) >= 11 is 0. The first-order valence-corrected chi connectivity index (χ1v) is 10.6. The molecule has 0 aromatic carbocycles. The molecule has 1 aliphatic heterocycles. The summed E-state index contributed by atoms with van der Waals surface area (Å²) < 4.78 is 25.6. The van der Waals surface area contributed by atoms with Crippen molar-refractivity contribution in [2.24, 2.45) is 0 Å². The van der Waals surface area contributed by atoms with Crippen molar-refractivity contribution in [3.8, 4) is 0 Å². The molecule has 1 saturated carbocycles. The molecule has 2 fully saturated rings. The van der Waals surface area contributed by atoms with Gasteiger partial charge in [-0.05, 0) is 18.9 Å². The average Bonchev–Trinajstić information content (AvgIpc) is 3.13. The van der Waals surface area contributed by atoms with Crippen molar-refractivity contribution in [3.63, 3.8) is 0 Å². The largest absolute Gasteiger partial charge is 0.338 e. The van der Waals surface area contributed by atoms with Crippen LogP contribution >= 0.6 is 0 Å². The molecule has 25 heavy (non-hydrogen) atoms. The Labute approximate surface area is 148 Å². The summed E-state index contributed by atoms with van der Waals surface area (Å²) in [7, 11) is -3.38. The number of piperazine rings is 1. The number of rotatable bonds is 5. The minimum atomic E-state index is -3.38. The summed E-state index contributed by atoms with van der Waals surface area (Å²) in [5.41, 5.74) is 0. The Morgan fingerprint density at radius 1 is 1.16 bits per heavy atom. The number of hydrogen-bond donors (Lipinski definition) is 0. The molecule has 1 amide bonds. The van der Waals surface area contributed by atoms with E-state index < -0.39 is 10.0 Å². The summed E-state index contributed by atoms with van der Waals surface area (Å²) in [5.74, 6) is 0.546. The van der Waals surface area contributed by atoms with Gasteiger partial charge in [-0.1, -0.05) is 12.8 Å². The van der Waals surface area contributed by atoms with Crippen LogP contribution in [0.3, 0.4) is 0 Å². The van der Waals surface area contributed by atoms with E-state index in [4.69, 9.17) is 0 Å². The lowest BCUT2D eigenvalue weighted by Crippen LogP contribution is -2.53. The average molecular weight is 367 g/mol. The van der Waals surface area contributed by atoms with Gasteiger partial charge in [-0.15, -0.1) is 0 Å². The summed E-state index contributed by atoms with van der Waals surface area (Å²) in [4.78, 5) is 24.9. The zero-order chi connectivity index (χ0) is 17.9. The Hall–Kier alpha value is -1.74. The van der Waals surface area contributed by atoms with Gasteiger partial charge in [0, 0.05) is 44.6 Å². The van der Waals surface area contributed by atoms with Crippen molar-refractivity contribution in [2.75, 3.05) is 43.9 Å². The second kappa shape index (κ2) is 7.65. The zero-order valence-electron chi connectivity index (χ0n) is 14.5. The number of nitrogens with zero attached hydrogens (tertiary/aromatic N) is 5. The summed E-state index contributed by atoms with van der Waals surface area (Å²) in [6.07, 6.45) is 8.35. The number of carbonyl (C=O) groups is 1. The molecule has 0 radical (unpaired) electrons. The first-order valence-electron chi connectivity index (χ1n) is 8.72. The van der Waals surface area contributed by atoms with Crippen LogP contribution in [-0.2, 0) is 14.8 Å². The van der Waals surface area contributed by atoms with Crippen molar-refractivity contribution >= 4 is 21.9 Å². The maximum absolute atomic E-state index is 12.6. The van der Waals surface area contributed by atoms with Crippen LogP contribution in [0.5, 0.6) is 0 Å². The molecule has 0 spiro atoms. The second-order valence-electron chi connectivity index (χ2n) is 6.66. The van der Waals surface area contributed by atoms with Crippen LogP contribution in [0.2, 0.25) is 0 Å². The maximum atomic E-state index is 12.6. The lowest BCUT2D eigenvalue weighted by Gasteiger charge is -2.36. The predicted octanol–water partition coefficient (Wildman–Crippen LogP) is 0.329. The van der Waals surface area contributed by atoms with Gasteiger partial charge < -0.3 is 9.80 Å². The molecule has 0 unspecified atom stereocenters. The molecule has 0 atom stereocenters. The molecule has 9 heteroatoms.